The summed E-state index contributed by atoms with van der Waals surface area (Å²) in [6.07, 6.45) is 0.189. The van der Waals surface area contributed by atoms with Gasteiger partial charge in [0.05, 0.1) is 11.5 Å². The molecule has 0 aromatic heterocycles. The number of halogens is 2. The first-order valence-corrected chi connectivity index (χ1v) is 7.74. The Morgan fingerprint density at radius 1 is 0.895 bits per heavy atom. The van der Waals surface area contributed by atoms with Crippen LogP contribution in [-0.4, -0.2) is 6.10 Å². The smallest absolute Gasteiger partial charge is 0.119 e. The van der Waals surface area contributed by atoms with Crippen LogP contribution in [0.25, 0.3) is 0 Å². The van der Waals surface area contributed by atoms with Gasteiger partial charge in [-0.25, -0.2) is 0 Å². The fraction of sp³-hybridized carbons (Fsp3) is 0.250. The van der Waals surface area contributed by atoms with Crippen LogP contribution in [0.3, 0.4) is 0 Å². The largest absolute Gasteiger partial charge is 0.491 e. The molecule has 2 aromatic carbocycles. The highest BCUT2D eigenvalue weighted by atomic mass is 127. The normalized spacial score (nSPS) is 12.5. The van der Waals surface area contributed by atoms with Gasteiger partial charge < -0.3 is 4.74 Å². The Kier molecular flexibility index (Phi) is 5.11. The molecule has 0 bridgehead atoms. The lowest BCUT2D eigenvalue weighted by molar-refractivity contribution is 0.242. The fourth-order valence-electron chi connectivity index (χ4n) is 1.81. The molecule has 0 aliphatic rings. The maximum Gasteiger partial charge on any atom is 0.119 e. The molecule has 1 atom stereocenters. The molecule has 0 heterocycles. The topological polar surface area (TPSA) is 9.23 Å². The van der Waals surface area contributed by atoms with Crippen LogP contribution in [0.4, 0.5) is 0 Å². The lowest BCUT2D eigenvalue weighted by atomic mass is 10.0. The predicted molar refractivity (Wildman–Crippen MR) is 89.1 cm³/mol. The molecule has 3 heteroatoms. The summed E-state index contributed by atoms with van der Waals surface area (Å²) < 4.78 is 6.84. The molecule has 0 aliphatic carbocycles. The van der Waals surface area contributed by atoms with Crippen LogP contribution in [-0.2, 0) is 0 Å². The number of benzene rings is 2. The Labute approximate surface area is 133 Å². The Balaban J connectivity index is 2.15. The molecule has 2 rings (SSSR count). The molecule has 1 unspecified atom stereocenters. The maximum absolute atomic E-state index is 6.50. The molecule has 0 saturated heterocycles. The Morgan fingerprint density at radius 3 is 1.84 bits per heavy atom. The van der Waals surface area contributed by atoms with Gasteiger partial charge in [-0.3, -0.25) is 0 Å². The van der Waals surface area contributed by atoms with E-state index in [-0.39, 0.29) is 11.5 Å². The summed E-state index contributed by atoms with van der Waals surface area (Å²) in [4.78, 5) is 0. The highest BCUT2D eigenvalue weighted by Crippen LogP contribution is 2.30. The molecule has 0 amide bonds. The van der Waals surface area contributed by atoms with Crippen LogP contribution in [0.5, 0.6) is 5.75 Å². The van der Waals surface area contributed by atoms with Gasteiger partial charge in [-0.05, 0) is 71.8 Å². The van der Waals surface area contributed by atoms with Crippen molar-refractivity contribution in [3.05, 3.63) is 63.2 Å². The lowest BCUT2D eigenvalue weighted by Crippen LogP contribution is -2.05. The standard InChI is InChI=1S/C16H16ClIO/c1-11(2)19-15-9-5-13(6-10-15)16(17)12-3-7-14(18)8-4-12/h3-11,16H,1-2H3. The zero-order valence-corrected chi connectivity index (χ0v) is 13.9. The molecular weight excluding hydrogens is 371 g/mol. The zero-order valence-electron chi connectivity index (χ0n) is 10.9. The van der Waals surface area contributed by atoms with Crippen molar-refractivity contribution >= 4 is 34.2 Å². The average Bonchev–Trinajstić information content (AvgIpc) is 2.39. The molecule has 100 valence electrons. The van der Waals surface area contributed by atoms with E-state index >= 15 is 0 Å². The van der Waals surface area contributed by atoms with Crippen molar-refractivity contribution in [1.82, 2.24) is 0 Å². The Bertz CT molecular complexity index is 519. The van der Waals surface area contributed by atoms with Gasteiger partial charge >= 0.3 is 0 Å². The van der Waals surface area contributed by atoms with Crippen LogP contribution >= 0.6 is 34.2 Å². The predicted octanol–water partition coefficient (Wildman–Crippen LogP) is 5.41. The first kappa shape index (κ1) is 14.7. The van der Waals surface area contributed by atoms with Crippen molar-refractivity contribution in [2.45, 2.75) is 25.3 Å². The van der Waals surface area contributed by atoms with Gasteiger partial charge in [0.25, 0.3) is 0 Å². The van der Waals surface area contributed by atoms with E-state index < -0.39 is 0 Å². The second kappa shape index (κ2) is 6.62. The summed E-state index contributed by atoms with van der Waals surface area (Å²) >= 11 is 8.79. The first-order valence-electron chi connectivity index (χ1n) is 6.22. The Morgan fingerprint density at radius 2 is 1.37 bits per heavy atom. The number of hydrogen-bond acceptors (Lipinski definition) is 1. The molecule has 0 aliphatic heterocycles. The summed E-state index contributed by atoms with van der Waals surface area (Å²) in [5.41, 5.74) is 2.19. The van der Waals surface area contributed by atoms with Crippen molar-refractivity contribution in [1.29, 1.82) is 0 Å². The summed E-state index contributed by atoms with van der Waals surface area (Å²) in [7, 11) is 0. The van der Waals surface area contributed by atoms with Crippen molar-refractivity contribution in [3.8, 4) is 5.75 Å². The van der Waals surface area contributed by atoms with Crippen LogP contribution in [0.1, 0.15) is 30.4 Å². The van der Waals surface area contributed by atoms with E-state index in [1.54, 1.807) is 0 Å². The van der Waals surface area contributed by atoms with E-state index in [2.05, 4.69) is 46.9 Å². The summed E-state index contributed by atoms with van der Waals surface area (Å²) in [5.74, 6) is 0.880. The Hall–Kier alpha value is -0.740. The van der Waals surface area contributed by atoms with Crippen molar-refractivity contribution in [3.63, 3.8) is 0 Å². The van der Waals surface area contributed by atoms with E-state index in [0.29, 0.717) is 0 Å². The van der Waals surface area contributed by atoms with E-state index in [1.165, 1.54) is 3.57 Å². The first-order chi connectivity index (χ1) is 9.06. The van der Waals surface area contributed by atoms with E-state index in [9.17, 15) is 0 Å². The molecule has 1 nitrogen and oxygen atoms in total. The molecule has 0 saturated carbocycles. The second-order valence-electron chi connectivity index (χ2n) is 4.65. The summed E-state index contributed by atoms with van der Waals surface area (Å²) in [5, 5.41) is -0.120. The quantitative estimate of drug-likeness (QED) is 0.504. The minimum atomic E-state index is -0.120. The molecule has 0 fully saturated rings. The third-order valence-corrected chi connectivity index (χ3v) is 3.93. The average molecular weight is 387 g/mol. The summed E-state index contributed by atoms with van der Waals surface area (Å²) in [6.45, 7) is 4.04. The van der Waals surface area contributed by atoms with Gasteiger partial charge in [-0.1, -0.05) is 24.3 Å². The molecule has 19 heavy (non-hydrogen) atoms. The maximum atomic E-state index is 6.50. The minimum Gasteiger partial charge on any atom is -0.491 e. The number of alkyl halides is 1. The van der Waals surface area contributed by atoms with E-state index in [1.807, 2.05) is 38.1 Å². The van der Waals surface area contributed by atoms with Gasteiger partial charge in [0.15, 0.2) is 0 Å². The van der Waals surface area contributed by atoms with Crippen molar-refractivity contribution in [2.24, 2.45) is 0 Å². The van der Waals surface area contributed by atoms with Gasteiger partial charge in [0.2, 0.25) is 0 Å². The van der Waals surface area contributed by atoms with Crippen LogP contribution in [0.15, 0.2) is 48.5 Å². The van der Waals surface area contributed by atoms with Crippen LogP contribution < -0.4 is 4.74 Å². The van der Waals surface area contributed by atoms with Crippen LogP contribution in [0.2, 0.25) is 0 Å². The monoisotopic (exact) mass is 386 g/mol. The lowest BCUT2D eigenvalue weighted by Gasteiger charge is -2.13. The zero-order chi connectivity index (χ0) is 13.8. The van der Waals surface area contributed by atoms with Crippen molar-refractivity contribution < 1.29 is 4.74 Å². The van der Waals surface area contributed by atoms with Gasteiger partial charge in [-0.2, -0.15) is 0 Å². The van der Waals surface area contributed by atoms with Crippen molar-refractivity contribution in [2.75, 3.05) is 0 Å². The van der Waals surface area contributed by atoms with Gasteiger partial charge in [0.1, 0.15) is 5.75 Å². The number of ether oxygens (including phenoxy) is 1. The third kappa shape index (κ3) is 4.11. The molecule has 2 aromatic rings. The molecule has 0 spiro atoms. The van der Waals surface area contributed by atoms with Crippen LogP contribution in [0, 0.1) is 3.57 Å². The van der Waals surface area contributed by atoms with E-state index in [0.717, 1.165) is 16.9 Å². The number of rotatable bonds is 4. The van der Waals surface area contributed by atoms with E-state index in [4.69, 9.17) is 16.3 Å². The number of hydrogen-bond donors (Lipinski definition) is 0. The molecule has 0 radical (unpaired) electrons. The molecular formula is C16H16ClIO. The highest BCUT2D eigenvalue weighted by Gasteiger charge is 2.10. The minimum absolute atomic E-state index is 0.120. The third-order valence-electron chi connectivity index (χ3n) is 2.71. The fourth-order valence-corrected chi connectivity index (χ4v) is 2.46. The highest BCUT2D eigenvalue weighted by molar-refractivity contribution is 14.1. The summed E-state index contributed by atoms with van der Waals surface area (Å²) in [6, 6.07) is 16.3. The van der Waals surface area contributed by atoms with Gasteiger partial charge in [-0.15, -0.1) is 11.6 Å². The SMILES string of the molecule is CC(C)Oc1ccc(C(Cl)c2ccc(I)cc2)cc1. The molecule has 0 N–H and O–H groups in total. The second-order valence-corrected chi connectivity index (χ2v) is 6.33. The van der Waals surface area contributed by atoms with Gasteiger partial charge in [0, 0.05) is 3.57 Å².